The highest BCUT2D eigenvalue weighted by atomic mass is 16.4. The number of piperazine rings is 1. The molecule has 0 aliphatic carbocycles. The van der Waals surface area contributed by atoms with Gasteiger partial charge in [0, 0.05) is 25.7 Å². The summed E-state index contributed by atoms with van der Waals surface area (Å²) in [7, 11) is 2.04. The molecule has 0 bridgehead atoms. The van der Waals surface area contributed by atoms with Crippen LogP contribution in [0.1, 0.15) is 13.3 Å². The summed E-state index contributed by atoms with van der Waals surface area (Å²) in [6.07, 6.45) is 0.262. The van der Waals surface area contributed by atoms with E-state index >= 15 is 0 Å². The average Bonchev–Trinajstić information content (AvgIpc) is 2.03. The van der Waals surface area contributed by atoms with Gasteiger partial charge in [0.25, 0.3) is 0 Å². The molecular weight excluding hydrogens is 168 g/mol. The second-order valence-corrected chi connectivity index (χ2v) is 3.64. The van der Waals surface area contributed by atoms with Crippen LogP contribution in [0.25, 0.3) is 0 Å². The molecule has 0 amide bonds. The van der Waals surface area contributed by atoms with Gasteiger partial charge in [-0.15, -0.1) is 0 Å². The van der Waals surface area contributed by atoms with Crippen LogP contribution in [-0.2, 0) is 4.79 Å². The standard InChI is InChI=1S/C9H18N2O2/c1-3-11-5-4-10(2)7-8(11)6-9(12)13/h8H,3-7H2,1-2H3,(H,12,13). The highest BCUT2D eigenvalue weighted by Gasteiger charge is 2.25. The summed E-state index contributed by atoms with van der Waals surface area (Å²) < 4.78 is 0. The molecule has 4 heteroatoms. The minimum absolute atomic E-state index is 0.196. The van der Waals surface area contributed by atoms with Gasteiger partial charge in [0.2, 0.25) is 0 Å². The SMILES string of the molecule is CCN1CCN(C)CC1CC(=O)O. The summed E-state index contributed by atoms with van der Waals surface area (Å²) in [6, 6.07) is 0.196. The molecule has 1 N–H and O–H groups in total. The van der Waals surface area contributed by atoms with E-state index < -0.39 is 5.97 Å². The molecule has 0 aromatic rings. The van der Waals surface area contributed by atoms with Crippen LogP contribution in [-0.4, -0.2) is 60.1 Å². The van der Waals surface area contributed by atoms with Crippen LogP contribution in [0.4, 0.5) is 0 Å². The van der Waals surface area contributed by atoms with E-state index in [1.807, 2.05) is 7.05 Å². The molecule has 0 radical (unpaired) electrons. The van der Waals surface area contributed by atoms with Gasteiger partial charge < -0.3 is 10.0 Å². The molecule has 4 nitrogen and oxygen atoms in total. The first-order chi connectivity index (χ1) is 6.13. The number of nitrogens with zero attached hydrogens (tertiary/aromatic N) is 2. The lowest BCUT2D eigenvalue weighted by Gasteiger charge is -2.38. The second-order valence-electron chi connectivity index (χ2n) is 3.64. The van der Waals surface area contributed by atoms with Crippen molar-refractivity contribution in [3.8, 4) is 0 Å². The predicted octanol–water partition coefficient (Wildman–Crippen LogP) is 0.0970. The smallest absolute Gasteiger partial charge is 0.304 e. The molecule has 1 aliphatic heterocycles. The molecule has 1 aliphatic rings. The zero-order valence-corrected chi connectivity index (χ0v) is 8.36. The van der Waals surface area contributed by atoms with Crippen LogP contribution < -0.4 is 0 Å². The van der Waals surface area contributed by atoms with Crippen LogP contribution in [0.2, 0.25) is 0 Å². The Morgan fingerprint density at radius 1 is 1.54 bits per heavy atom. The van der Waals surface area contributed by atoms with E-state index in [0.717, 1.165) is 26.2 Å². The van der Waals surface area contributed by atoms with Crippen molar-refractivity contribution in [2.75, 3.05) is 33.2 Å². The Bertz CT molecular complexity index is 184. The molecule has 0 aromatic heterocycles. The van der Waals surface area contributed by atoms with Gasteiger partial charge in [-0.1, -0.05) is 6.92 Å². The molecule has 13 heavy (non-hydrogen) atoms. The predicted molar refractivity (Wildman–Crippen MR) is 50.8 cm³/mol. The summed E-state index contributed by atoms with van der Waals surface area (Å²) in [6.45, 7) is 5.95. The number of hydrogen-bond donors (Lipinski definition) is 1. The van der Waals surface area contributed by atoms with Crippen LogP contribution in [0.3, 0.4) is 0 Å². The topological polar surface area (TPSA) is 43.8 Å². The van der Waals surface area contributed by atoms with Crippen LogP contribution in [0.5, 0.6) is 0 Å². The fourth-order valence-corrected chi connectivity index (χ4v) is 1.86. The molecule has 0 saturated carbocycles. The van der Waals surface area contributed by atoms with Gasteiger partial charge in [0.05, 0.1) is 6.42 Å². The fraction of sp³-hybridized carbons (Fsp3) is 0.889. The first kappa shape index (κ1) is 10.5. The maximum atomic E-state index is 10.6. The summed E-state index contributed by atoms with van der Waals surface area (Å²) in [5.74, 6) is -0.696. The van der Waals surface area contributed by atoms with Gasteiger partial charge >= 0.3 is 5.97 Å². The summed E-state index contributed by atoms with van der Waals surface area (Å²) in [5, 5.41) is 8.72. The number of carboxylic acids is 1. The van der Waals surface area contributed by atoms with Crippen LogP contribution in [0, 0.1) is 0 Å². The molecule has 1 saturated heterocycles. The maximum absolute atomic E-state index is 10.6. The minimum Gasteiger partial charge on any atom is -0.481 e. The number of rotatable bonds is 3. The highest BCUT2D eigenvalue weighted by molar-refractivity contribution is 5.67. The van der Waals surface area contributed by atoms with Crippen molar-refractivity contribution in [3.63, 3.8) is 0 Å². The van der Waals surface area contributed by atoms with Gasteiger partial charge in [0.15, 0.2) is 0 Å². The summed E-state index contributed by atoms with van der Waals surface area (Å²) in [5.41, 5.74) is 0. The number of carbonyl (C=O) groups is 1. The largest absolute Gasteiger partial charge is 0.481 e. The van der Waals surface area contributed by atoms with Crippen molar-refractivity contribution >= 4 is 5.97 Å². The Kier molecular flexibility index (Phi) is 3.69. The van der Waals surface area contributed by atoms with Crippen molar-refractivity contribution in [2.45, 2.75) is 19.4 Å². The Hall–Kier alpha value is -0.610. The Morgan fingerprint density at radius 3 is 2.77 bits per heavy atom. The van der Waals surface area contributed by atoms with E-state index in [0.29, 0.717) is 0 Å². The first-order valence-corrected chi connectivity index (χ1v) is 4.78. The van der Waals surface area contributed by atoms with Crippen molar-refractivity contribution in [1.29, 1.82) is 0 Å². The average molecular weight is 186 g/mol. The van der Waals surface area contributed by atoms with E-state index in [2.05, 4.69) is 16.7 Å². The van der Waals surface area contributed by atoms with E-state index in [9.17, 15) is 4.79 Å². The Labute approximate surface area is 79.1 Å². The van der Waals surface area contributed by atoms with Crippen molar-refractivity contribution in [2.24, 2.45) is 0 Å². The van der Waals surface area contributed by atoms with Gasteiger partial charge in [-0.05, 0) is 13.6 Å². The van der Waals surface area contributed by atoms with Gasteiger partial charge in [0.1, 0.15) is 0 Å². The molecule has 0 spiro atoms. The third-order valence-corrected chi connectivity index (χ3v) is 2.62. The maximum Gasteiger partial charge on any atom is 0.304 e. The van der Waals surface area contributed by atoms with Gasteiger partial charge in [-0.25, -0.2) is 0 Å². The van der Waals surface area contributed by atoms with Crippen molar-refractivity contribution in [3.05, 3.63) is 0 Å². The van der Waals surface area contributed by atoms with Crippen LogP contribution >= 0.6 is 0 Å². The fourth-order valence-electron chi connectivity index (χ4n) is 1.86. The molecule has 1 heterocycles. The number of aliphatic carboxylic acids is 1. The number of hydrogen-bond acceptors (Lipinski definition) is 3. The number of carboxylic acid groups (broad SMARTS) is 1. The van der Waals surface area contributed by atoms with E-state index in [1.54, 1.807) is 0 Å². The normalized spacial score (nSPS) is 26.2. The zero-order chi connectivity index (χ0) is 9.84. The third-order valence-electron chi connectivity index (χ3n) is 2.62. The lowest BCUT2D eigenvalue weighted by atomic mass is 10.1. The summed E-state index contributed by atoms with van der Waals surface area (Å²) in [4.78, 5) is 15.0. The minimum atomic E-state index is -0.696. The van der Waals surface area contributed by atoms with Gasteiger partial charge in [-0.2, -0.15) is 0 Å². The van der Waals surface area contributed by atoms with E-state index in [1.165, 1.54) is 0 Å². The monoisotopic (exact) mass is 186 g/mol. The van der Waals surface area contributed by atoms with E-state index in [-0.39, 0.29) is 12.5 Å². The molecule has 1 atom stereocenters. The Balaban J connectivity index is 2.49. The highest BCUT2D eigenvalue weighted by Crippen LogP contribution is 2.10. The lowest BCUT2D eigenvalue weighted by Crippen LogP contribution is -2.52. The third kappa shape index (κ3) is 2.97. The quantitative estimate of drug-likeness (QED) is 0.679. The van der Waals surface area contributed by atoms with E-state index in [4.69, 9.17) is 5.11 Å². The van der Waals surface area contributed by atoms with Crippen LogP contribution in [0.15, 0.2) is 0 Å². The second kappa shape index (κ2) is 4.58. The first-order valence-electron chi connectivity index (χ1n) is 4.78. The van der Waals surface area contributed by atoms with Crippen molar-refractivity contribution < 1.29 is 9.90 Å². The zero-order valence-electron chi connectivity index (χ0n) is 8.36. The Morgan fingerprint density at radius 2 is 2.23 bits per heavy atom. The molecular formula is C9H18N2O2. The van der Waals surface area contributed by atoms with Gasteiger partial charge in [-0.3, -0.25) is 9.69 Å². The summed E-state index contributed by atoms with van der Waals surface area (Å²) >= 11 is 0. The molecule has 1 fully saturated rings. The lowest BCUT2D eigenvalue weighted by molar-refractivity contribution is -0.139. The molecule has 1 rings (SSSR count). The molecule has 0 aromatic carbocycles. The number of likely N-dealkylation sites (N-methyl/N-ethyl adjacent to an activating group) is 2. The molecule has 76 valence electrons. The van der Waals surface area contributed by atoms with Crippen molar-refractivity contribution in [1.82, 2.24) is 9.80 Å². The molecule has 1 unspecified atom stereocenters.